The van der Waals surface area contributed by atoms with Crippen LogP contribution in [0.25, 0.3) is 0 Å². The number of halogens is 2. The van der Waals surface area contributed by atoms with Crippen LogP contribution in [0.1, 0.15) is 5.56 Å². The van der Waals surface area contributed by atoms with E-state index in [4.69, 9.17) is 5.11 Å². The van der Waals surface area contributed by atoms with Gasteiger partial charge in [-0.1, -0.05) is 30.3 Å². The second kappa shape index (κ2) is 6.17. The summed E-state index contributed by atoms with van der Waals surface area (Å²) in [5.74, 6) is -3.13. The molecule has 0 radical (unpaired) electrons. The average Bonchev–Trinajstić information content (AvgIpc) is 2.24. The molecule has 16 heavy (non-hydrogen) atoms. The van der Waals surface area contributed by atoms with Crippen LogP contribution in [0.4, 0.5) is 8.78 Å². The lowest BCUT2D eigenvalue weighted by Crippen LogP contribution is -2.33. The number of benzene rings is 1. The summed E-state index contributed by atoms with van der Waals surface area (Å²) >= 11 is 0. The molecular weight excluding hydrogens is 216 g/mol. The van der Waals surface area contributed by atoms with Gasteiger partial charge in [0.25, 0.3) is 6.43 Å². The monoisotopic (exact) mass is 229 g/mol. The molecule has 0 aromatic heterocycles. The molecular formula is C11H13F2NO2. The van der Waals surface area contributed by atoms with Crippen LogP contribution >= 0.6 is 0 Å². The first-order valence-corrected chi connectivity index (χ1v) is 4.87. The number of carbonyl (C=O) groups is 1. The molecule has 0 fully saturated rings. The molecule has 5 heteroatoms. The molecule has 0 aliphatic carbocycles. The van der Waals surface area contributed by atoms with E-state index in [1.807, 2.05) is 30.3 Å². The Balaban J connectivity index is 2.37. The number of carboxylic acids is 1. The lowest BCUT2D eigenvalue weighted by Gasteiger charge is -2.12. The van der Waals surface area contributed by atoms with Crippen molar-refractivity contribution in [1.29, 1.82) is 0 Å². The maximum Gasteiger partial charge on any atom is 0.313 e. The number of aliphatic carboxylic acids is 1. The van der Waals surface area contributed by atoms with Gasteiger partial charge in [-0.25, -0.2) is 8.78 Å². The minimum absolute atomic E-state index is 0.234. The van der Waals surface area contributed by atoms with Gasteiger partial charge in [0.1, 0.15) is 5.92 Å². The van der Waals surface area contributed by atoms with E-state index in [0.29, 0.717) is 6.54 Å². The molecule has 1 rings (SSSR count). The number of hydrogen-bond acceptors (Lipinski definition) is 2. The van der Waals surface area contributed by atoms with Crippen LogP contribution in [-0.4, -0.2) is 24.0 Å². The molecule has 2 N–H and O–H groups in total. The largest absolute Gasteiger partial charge is 0.481 e. The highest BCUT2D eigenvalue weighted by Gasteiger charge is 2.27. The number of rotatable bonds is 6. The van der Waals surface area contributed by atoms with Crippen LogP contribution in [0.15, 0.2) is 30.3 Å². The van der Waals surface area contributed by atoms with Gasteiger partial charge in [-0.05, 0) is 5.56 Å². The molecule has 0 saturated carbocycles. The summed E-state index contributed by atoms with van der Waals surface area (Å²) in [6, 6.07) is 9.19. The van der Waals surface area contributed by atoms with Crippen LogP contribution < -0.4 is 5.32 Å². The SMILES string of the molecule is O=C(O)[C@@H](CNCc1ccccc1)C(F)F. The van der Waals surface area contributed by atoms with Gasteiger partial charge in [-0.2, -0.15) is 0 Å². The van der Waals surface area contributed by atoms with Crippen molar-refractivity contribution in [3.63, 3.8) is 0 Å². The molecule has 0 heterocycles. The third-order valence-electron chi connectivity index (χ3n) is 2.16. The molecule has 0 spiro atoms. The normalized spacial score (nSPS) is 12.7. The first-order valence-electron chi connectivity index (χ1n) is 4.87. The van der Waals surface area contributed by atoms with Gasteiger partial charge in [0.05, 0.1) is 0 Å². The molecule has 0 unspecified atom stereocenters. The summed E-state index contributed by atoms with van der Waals surface area (Å²) in [4.78, 5) is 10.5. The van der Waals surface area contributed by atoms with Crippen LogP contribution in [0.5, 0.6) is 0 Å². The van der Waals surface area contributed by atoms with Crippen LogP contribution in [0.2, 0.25) is 0 Å². The van der Waals surface area contributed by atoms with Gasteiger partial charge in [0, 0.05) is 13.1 Å². The Kier molecular flexibility index (Phi) is 4.85. The average molecular weight is 229 g/mol. The number of carboxylic acid groups (broad SMARTS) is 1. The second-order valence-electron chi connectivity index (χ2n) is 3.40. The van der Waals surface area contributed by atoms with E-state index in [-0.39, 0.29) is 6.54 Å². The van der Waals surface area contributed by atoms with Crippen molar-refractivity contribution in [3.05, 3.63) is 35.9 Å². The Hall–Kier alpha value is -1.49. The Morgan fingerprint density at radius 1 is 1.31 bits per heavy atom. The lowest BCUT2D eigenvalue weighted by molar-refractivity contribution is -0.146. The second-order valence-corrected chi connectivity index (χ2v) is 3.40. The molecule has 1 atom stereocenters. The minimum atomic E-state index is -2.85. The summed E-state index contributed by atoms with van der Waals surface area (Å²) in [6.45, 7) is 0.152. The Morgan fingerprint density at radius 3 is 2.44 bits per heavy atom. The number of alkyl halides is 2. The molecule has 1 aromatic rings. The summed E-state index contributed by atoms with van der Waals surface area (Å²) in [5.41, 5.74) is 0.931. The fourth-order valence-corrected chi connectivity index (χ4v) is 1.25. The van der Waals surface area contributed by atoms with Crippen molar-refractivity contribution < 1.29 is 18.7 Å². The fraction of sp³-hybridized carbons (Fsp3) is 0.364. The highest BCUT2D eigenvalue weighted by atomic mass is 19.3. The first kappa shape index (κ1) is 12.6. The van der Waals surface area contributed by atoms with Crippen molar-refractivity contribution >= 4 is 5.97 Å². The van der Waals surface area contributed by atoms with Gasteiger partial charge in [-0.15, -0.1) is 0 Å². The summed E-state index contributed by atoms with van der Waals surface area (Å²) in [7, 11) is 0. The smallest absolute Gasteiger partial charge is 0.313 e. The zero-order chi connectivity index (χ0) is 12.0. The zero-order valence-electron chi connectivity index (χ0n) is 8.57. The van der Waals surface area contributed by atoms with Crippen molar-refractivity contribution in [1.82, 2.24) is 5.32 Å². The molecule has 0 amide bonds. The maximum atomic E-state index is 12.3. The number of nitrogens with one attached hydrogen (secondary N) is 1. The Morgan fingerprint density at radius 2 is 1.94 bits per heavy atom. The molecule has 0 aliphatic heterocycles. The molecule has 88 valence electrons. The van der Waals surface area contributed by atoms with Crippen LogP contribution in [-0.2, 0) is 11.3 Å². The number of hydrogen-bond donors (Lipinski definition) is 2. The van der Waals surface area contributed by atoms with E-state index >= 15 is 0 Å². The van der Waals surface area contributed by atoms with E-state index in [9.17, 15) is 13.6 Å². The van der Waals surface area contributed by atoms with Crippen LogP contribution in [0, 0.1) is 5.92 Å². The highest BCUT2D eigenvalue weighted by Crippen LogP contribution is 2.09. The maximum absolute atomic E-state index is 12.3. The highest BCUT2D eigenvalue weighted by molar-refractivity contribution is 5.70. The Labute approximate surface area is 92.1 Å². The van der Waals surface area contributed by atoms with E-state index in [2.05, 4.69) is 5.32 Å². The standard InChI is InChI=1S/C11H13F2NO2/c12-10(13)9(11(15)16)7-14-6-8-4-2-1-3-5-8/h1-5,9-10,14H,6-7H2,(H,15,16)/t9-/m0/s1. The van der Waals surface area contributed by atoms with E-state index < -0.39 is 18.3 Å². The van der Waals surface area contributed by atoms with Crippen molar-refractivity contribution in [2.75, 3.05) is 6.54 Å². The zero-order valence-corrected chi connectivity index (χ0v) is 8.57. The van der Waals surface area contributed by atoms with E-state index in [1.165, 1.54) is 0 Å². The molecule has 3 nitrogen and oxygen atoms in total. The molecule has 0 saturated heterocycles. The summed E-state index contributed by atoms with van der Waals surface area (Å²) in [5, 5.41) is 11.2. The van der Waals surface area contributed by atoms with Gasteiger partial charge >= 0.3 is 5.97 Å². The fourth-order valence-electron chi connectivity index (χ4n) is 1.25. The van der Waals surface area contributed by atoms with Gasteiger partial charge in [0.15, 0.2) is 0 Å². The van der Waals surface area contributed by atoms with Crippen molar-refractivity contribution in [2.24, 2.45) is 5.92 Å². The predicted molar refractivity (Wildman–Crippen MR) is 55.3 cm³/mol. The first-order chi connectivity index (χ1) is 7.61. The van der Waals surface area contributed by atoms with Gasteiger partial charge in [0.2, 0.25) is 0 Å². The molecule has 1 aromatic carbocycles. The van der Waals surface area contributed by atoms with Crippen LogP contribution in [0.3, 0.4) is 0 Å². The predicted octanol–water partition coefficient (Wildman–Crippen LogP) is 1.74. The third kappa shape index (κ3) is 3.94. The third-order valence-corrected chi connectivity index (χ3v) is 2.16. The quantitative estimate of drug-likeness (QED) is 0.781. The summed E-state index contributed by atoms with van der Waals surface area (Å²) in [6.07, 6.45) is -2.85. The lowest BCUT2D eigenvalue weighted by atomic mass is 10.1. The minimum Gasteiger partial charge on any atom is -0.481 e. The molecule has 0 bridgehead atoms. The van der Waals surface area contributed by atoms with Gasteiger partial charge in [-0.3, -0.25) is 4.79 Å². The van der Waals surface area contributed by atoms with Crippen molar-refractivity contribution in [2.45, 2.75) is 13.0 Å². The topological polar surface area (TPSA) is 49.3 Å². The van der Waals surface area contributed by atoms with E-state index in [0.717, 1.165) is 5.56 Å². The van der Waals surface area contributed by atoms with Crippen molar-refractivity contribution in [3.8, 4) is 0 Å². The summed E-state index contributed by atoms with van der Waals surface area (Å²) < 4.78 is 24.5. The van der Waals surface area contributed by atoms with Gasteiger partial charge < -0.3 is 10.4 Å². The Bertz CT molecular complexity index is 330. The van der Waals surface area contributed by atoms with E-state index in [1.54, 1.807) is 0 Å². The molecule has 0 aliphatic rings.